The number of ether oxygens (including phenoxy) is 2. The maximum atomic E-state index is 13.0. The highest BCUT2D eigenvalue weighted by molar-refractivity contribution is 5.81. The molecule has 23 heavy (non-hydrogen) atoms. The maximum absolute atomic E-state index is 13.0. The van der Waals surface area contributed by atoms with Crippen LogP contribution in [0.15, 0.2) is 11.6 Å². The van der Waals surface area contributed by atoms with Gasteiger partial charge in [-0.15, -0.1) is 0 Å². The Bertz CT molecular complexity index is 596. The van der Waals surface area contributed by atoms with Gasteiger partial charge >= 0.3 is 11.9 Å². The van der Waals surface area contributed by atoms with Crippen LogP contribution in [0.5, 0.6) is 0 Å². The second-order valence-corrected chi connectivity index (χ2v) is 7.51. The van der Waals surface area contributed by atoms with Gasteiger partial charge < -0.3 is 14.6 Å². The summed E-state index contributed by atoms with van der Waals surface area (Å²) in [7, 11) is 0. The molecule has 4 aliphatic rings. The molecule has 0 amide bonds. The lowest BCUT2D eigenvalue weighted by molar-refractivity contribution is -0.161. The average molecular weight is 320 g/mol. The SMILES string of the molecule is CCOC(=O)[C@]12CC[C@H]3CCC4=C[C@@H](O)[C@@H]([C@H](OC(C)=O)C1)C432. The van der Waals surface area contributed by atoms with Crippen molar-refractivity contribution in [1.29, 1.82) is 0 Å². The molecule has 4 rings (SSSR count). The van der Waals surface area contributed by atoms with E-state index in [9.17, 15) is 14.7 Å². The number of aliphatic hydroxyl groups is 1. The van der Waals surface area contributed by atoms with Crippen LogP contribution in [0, 0.1) is 22.7 Å². The highest BCUT2D eigenvalue weighted by Gasteiger charge is 2.79. The fraction of sp³-hybridized carbons (Fsp3) is 0.778. The van der Waals surface area contributed by atoms with Crippen LogP contribution in [0.2, 0.25) is 0 Å². The van der Waals surface area contributed by atoms with Gasteiger partial charge in [0.25, 0.3) is 0 Å². The molecule has 3 saturated carbocycles. The molecule has 4 aliphatic carbocycles. The molecule has 6 atom stereocenters. The third kappa shape index (κ3) is 1.61. The first-order valence-electron chi connectivity index (χ1n) is 8.71. The molecular formula is C18H24O5. The van der Waals surface area contributed by atoms with Gasteiger partial charge in [-0.3, -0.25) is 9.59 Å². The topological polar surface area (TPSA) is 72.8 Å². The fourth-order valence-electron chi connectivity index (χ4n) is 6.54. The minimum atomic E-state index is -0.633. The Kier molecular flexibility index (Phi) is 3.18. The predicted octanol–water partition coefficient (Wildman–Crippen LogP) is 1.98. The molecule has 1 N–H and O–H groups in total. The Balaban J connectivity index is 1.84. The van der Waals surface area contributed by atoms with E-state index in [2.05, 4.69) is 0 Å². The molecule has 1 spiro atoms. The number of allylic oxidation sites excluding steroid dienone is 1. The number of carbonyl (C=O) groups excluding carboxylic acids is 2. The van der Waals surface area contributed by atoms with Gasteiger partial charge in [-0.1, -0.05) is 11.6 Å². The number of rotatable bonds is 3. The molecule has 0 radical (unpaired) electrons. The van der Waals surface area contributed by atoms with Crippen molar-refractivity contribution in [2.24, 2.45) is 22.7 Å². The van der Waals surface area contributed by atoms with E-state index in [0.717, 1.165) is 25.7 Å². The van der Waals surface area contributed by atoms with Crippen LogP contribution in [-0.2, 0) is 19.1 Å². The number of hydrogen-bond donors (Lipinski definition) is 1. The molecule has 0 aliphatic heterocycles. The summed E-state index contributed by atoms with van der Waals surface area (Å²) in [5, 5.41) is 10.7. The van der Waals surface area contributed by atoms with E-state index in [1.807, 2.05) is 13.0 Å². The minimum Gasteiger partial charge on any atom is -0.466 e. The van der Waals surface area contributed by atoms with Gasteiger partial charge in [-0.2, -0.15) is 0 Å². The van der Waals surface area contributed by atoms with Crippen molar-refractivity contribution in [3.63, 3.8) is 0 Å². The standard InChI is InChI=1S/C18H24O5/c1-3-22-16(21)17-7-6-11-4-5-12-8-13(20)15(18(11,12)17)14(9-17)23-10(2)19/h8,11,13-15,20H,3-7,9H2,1-2H3/t11-,13-,14-,15+,17+,18?/m1/s1. The lowest BCUT2D eigenvalue weighted by Gasteiger charge is -2.41. The first kappa shape index (κ1) is 15.2. The molecule has 5 nitrogen and oxygen atoms in total. The Hall–Kier alpha value is -1.36. The first-order chi connectivity index (χ1) is 11.0. The van der Waals surface area contributed by atoms with Crippen molar-refractivity contribution in [2.45, 2.75) is 58.2 Å². The molecule has 126 valence electrons. The minimum absolute atomic E-state index is 0.163. The highest BCUT2D eigenvalue weighted by atomic mass is 16.5. The van der Waals surface area contributed by atoms with E-state index < -0.39 is 17.6 Å². The molecule has 0 saturated heterocycles. The number of carbonyl (C=O) groups is 2. The lowest BCUT2D eigenvalue weighted by Crippen LogP contribution is -2.46. The molecular weight excluding hydrogens is 296 g/mol. The smallest absolute Gasteiger partial charge is 0.313 e. The van der Waals surface area contributed by atoms with Crippen LogP contribution in [0.4, 0.5) is 0 Å². The summed E-state index contributed by atoms with van der Waals surface area (Å²) in [6, 6.07) is 0. The predicted molar refractivity (Wildman–Crippen MR) is 81.2 cm³/mol. The molecule has 1 unspecified atom stereocenters. The summed E-state index contributed by atoms with van der Waals surface area (Å²) in [6.45, 7) is 3.57. The van der Waals surface area contributed by atoms with Crippen molar-refractivity contribution < 1.29 is 24.2 Å². The van der Waals surface area contributed by atoms with Crippen molar-refractivity contribution in [3.05, 3.63) is 11.6 Å². The zero-order chi connectivity index (χ0) is 16.4. The zero-order valence-corrected chi connectivity index (χ0v) is 13.7. The van der Waals surface area contributed by atoms with Crippen LogP contribution in [-0.4, -0.2) is 35.9 Å². The summed E-state index contributed by atoms with van der Waals surface area (Å²) in [5.74, 6) is -0.314. The van der Waals surface area contributed by atoms with Crippen LogP contribution in [0.1, 0.15) is 46.0 Å². The van der Waals surface area contributed by atoms with Crippen LogP contribution in [0.25, 0.3) is 0 Å². The fourth-order valence-corrected chi connectivity index (χ4v) is 6.54. The first-order valence-corrected chi connectivity index (χ1v) is 8.71. The quantitative estimate of drug-likeness (QED) is 0.636. The van der Waals surface area contributed by atoms with Crippen molar-refractivity contribution >= 4 is 11.9 Å². The van der Waals surface area contributed by atoms with E-state index in [0.29, 0.717) is 18.9 Å². The molecule has 0 aromatic heterocycles. The summed E-state index contributed by atoms with van der Waals surface area (Å²) in [6.07, 6.45) is 5.14. The van der Waals surface area contributed by atoms with Gasteiger partial charge in [0.2, 0.25) is 0 Å². The van der Waals surface area contributed by atoms with Crippen molar-refractivity contribution in [1.82, 2.24) is 0 Å². The van der Waals surface area contributed by atoms with E-state index >= 15 is 0 Å². The Labute approximate surface area is 136 Å². The third-order valence-corrected chi connectivity index (χ3v) is 6.85. The van der Waals surface area contributed by atoms with Crippen LogP contribution < -0.4 is 0 Å². The summed E-state index contributed by atoms with van der Waals surface area (Å²) >= 11 is 0. The van der Waals surface area contributed by atoms with E-state index in [1.165, 1.54) is 12.5 Å². The molecule has 0 aromatic rings. The normalized spacial score (nSPS) is 46.3. The van der Waals surface area contributed by atoms with E-state index in [1.54, 1.807) is 0 Å². The van der Waals surface area contributed by atoms with Crippen LogP contribution in [0.3, 0.4) is 0 Å². The molecule has 0 aromatic carbocycles. The molecule has 0 heterocycles. The number of esters is 2. The second-order valence-electron chi connectivity index (χ2n) is 7.51. The molecule has 0 bridgehead atoms. The zero-order valence-electron chi connectivity index (χ0n) is 13.7. The Morgan fingerprint density at radius 2 is 2.17 bits per heavy atom. The Morgan fingerprint density at radius 3 is 2.87 bits per heavy atom. The second kappa shape index (κ2) is 4.82. The van der Waals surface area contributed by atoms with Gasteiger partial charge in [-0.25, -0.2) is 0 Å². The molecule has 3 fully saturated rings. The monoisotopic (exact) mass is 320 g/mol. The summed E-state index contributed by atoms with van der Waals surface area (Å²) in [5.41, 5.74) is 0.233. The van der Waals surface area contributed by atoms with E-state index in [-0.39, 0.29) is 23.3 Å². The average Bonchev–Trinajstić information content (AvgIpc) is 3.11. The van der Waals surface area contributed by atoms with Crippen LogP contribution >= 0.6 is 0 Å². The summed E-state index contributed by atoms with van der Waals surface area (Å²) in [4.78, 5) is 24.5. The van der Waals surface area contributed by atoms with Gasteiger partial charge in [0, 0.05) is 24.7 Å². The Morgan fingerprint density at radius 1 is 1.39 bits per heavy atom. The van der Waals surface area contributed by atoms with Crippen molar-refractivity contribution in [3.8, 4) is 0 Å². The lowest BCUT2D eigenvalue weighted by atomic mass is 9.61. The number of hydrogen-bond acceptors (Lipinski definition) is 5. The van der Waals surface area contributed by atoms with E-state index in [4.69, 9.17) is 9.47 Å². The van der Waals surface area contributed by atoms with Gasteiger partial charge in [0.15, 0.2) is 0 Å². The van der Waals surface area contributed by atoms with Gasteiger partial charge in [-0.05, 0) is 38.5 Å². The number of aliphatic hydroxyl groups excluding tert-OH is 1. The third-order valence-electron chi connectivity index (χ3n) is 6.85. The maximum Gasteiger partial charge on any atom is 0.313 e. The summed E-state index contributed by atoms with van der Waals surface area (Å²) < 4.78 is 11.0. The highest BCUT2D eigenvalue weighted by Crippen LogP contribution is 2.78. The molecule has 5 heteroatoms. The van der Waals surface area contributed by atoms with Gasteiger partial charge in [0.05, 0.1) is 18.1 Å². The van der Waals surface area contributed by atoms with Crippen molar-refractivity contribution in [2.75, 3.05) is 6.61 Å². The van der Waals surface area contributed by atoms with Gasteiger partial charge in [0.1, 0.15) is 6.10 Å². The largest absolute Gasteiger partial charge is 0.466 e.